The number of aromatic nitrogens is 3. The van der Waals surface area contributed by atoms with Crippen LogP contribution in [0.2, 0.25) is 0 Å². The van der Waals surface area contributed by atoms with Gasteiger partial charge in [0.15, 0.2) is 5.13 Å². The summed E-state index contributed by atoms with van der Waals surface area (Å²) >= 11 is 1.35. The molecule has 0 saturated heterocycles. The van der Waals surface area contributed by atoms with E-state index in [-0.39, 0.29) is 5.78 Å². The lowest BCUT2D eigenvalue weighted by Gasteiger charge is -2.04. The number of hydrogen-bond acceptors (Lipinski definition) is 6. The summed E-state index contributed by atoms with van der Waals surface area (Å²) in [6, 6.07) is 15.3. The molecule has 0 aliphatic rings. The lowest BCUT2D eigenvalue weighted by atomic mass is 10.0. The van der Waals surface area contributed by atoms with Crippen molar-refractivity contribution in [2.24, 2.45) is 0 Å². The molecule has 3 heterocycles. The standard InChI is InChI=1S/C21H16N4OS/c26-20(17-6-1-5-16(10-17)18-7-3-9-23-13-18)19-14-25-21(27-19)24-12-15-4-2-8-22-11-15/h1-11,13-14H,12H2,(H,24,25). The number of rotatable bonds is 6. The molecule has 4 aromatic rings. The van der Waals surface area contributed by atoms with Crippen molar-refractivity contribution in [2.45, 2.75) is 6.54 Å². The zero-order valence-corrected chi connectivity index (χ0v) is 15.2. The van der Waals surface area contributed by atoms with Gasteiger partial charge in [0.1, 0.15) is 0 Å². The molecule has 5 nitrogen and oxygen atoms in total. The number of pyridine rings is 2. The zero-order valence-electron chi connectivity index (χ0n) is 14.4. The fourth-order valence-corrected chi connectivity index (χ4v) is 3.43. The molecule has 0 fully saturated rings. The van der Waals surface area contributed by atoms with Crippen LogP contribution in [0.5, 0.6) is 0 Å². The van der Waals surface area contributed by atoms with Gasteiger partial charge >= 0.3 is 0 Å². The van der Waals surface area contributed by atoms with E-state index in [0.29, 0.717) is 22.1 Å². The van der Waals surface area contributed by atoms with Gasteiger partial charge in [-0.2, -0.15) is 0 Å². The van der Waals surface area contributed by atoms with Crippen LogP contribution in [0.3, 0.4) is 0 Å². The summed E-state index contributed by atoms with van der Waals surface area (Å²) in [5.41, 5.74) is 3.65. The van der Waals surface area contributed by atoms with Crippen LogP contribution in [0, 0.1) is 0 Å². The van der Waals surface area contributed by atoms with E-state index < -0.39 is 0 Å². The van der Waals surface area contributed by atoms with Crippen molar-refractivity contribution in [3.63, 3.8) is 0 Å². The van der Waals surface area contributed by atoms with Gasteiger partial charge in [0, 0.05) is 42.5 Å². The maximum absolute atomic E-state index is 12.8. The molecule has 0 unspecified atom stereocenters. The molecule has 0 saturated carbocycles. The summed E-state index contributed by atoms with van der Waals surface area (Å²) in [4.78, 5) is 26.0. The molecule has 0 bridgehead atoms. The number of nitrogens with zero attached hydrogens (tertiary/aromatic N) is 3. The summed E-state index contributed by atoms with van der Waals surface area (Å²) in [6.45, 7) is 0.617. The quantitative estimate of drug-likeness (QED) is 0.507. The first-order valence-corrected chi connectivity index (χ1v) is 9.25. The van der Waals surface area contributed by atoms with E-state index in [1.54, 1.807) is 31.0 Å². The largest absolute Gasteiger partial charge is 0.357 e. The molecular formula is C21H16N4OS. The number of anilines is 1. The fraction of sp³-hybridized carbons (Fsp3) is 0.0476. The normalized spacial score (nSPS) is 10.5. The summed E-state index contributed by atoms with van der Waals surface area (Å²) in [6.07, 6.45) is 8.68. The summed E-state index contributed by atoms with van der Waals surface area (Å²) in [5, 5.41) is 3.95. The minimum Gasteiger partial charge on any atom is -0.357 e. The Balaban J connectivity index is 1.49. The highest BCUT2D eigenvalue weighted by Gasteiger charge is 2.14. The fourth-order valence-electron chi connectivity index (χ4n) is 2.66. The molecule has 27 heavy (non-hydrogen) atoms. The number of benzene rings is 1. The SMILES string of the molecule is O=C(c1cccc(-c2cccnc2)c1)c1cnc(NCc2cccnc2)s1. The van der Waals surface area contributed by atoms with E-state index in [9.17, 15) is 4.79 Å². The van der Waals surface area contributed by atoms with E-state index in [2.05, 4.69) is 20.3 Å². The monoisotopic (exact) mass is 372 g/mol. The number of ketones is 1. The predicted molar refractivity (Wildman–Crippen MR) is 107 cm³/mol. The van der Waals surface area contributed by atoms with Crippen LogP contribution < -0.4 is 5.32 Å². The number of carbonyl (C=O) groups is 1. The highest BCUT2D eigenvalue weighted by molar-refractivity contribution is 7.17. The Morgan fingerprint density at radius 2 is 1.74 bits per heavy atom. The Morgan fingerprint density at radius 1 is 0.926 bits per heavy atom. The highest BCUT2D eigenvalue weighted by Crippen LogP contribution is 2.24. The van der Waals surface area contributed by atoms with Gasteiger partial charge in [-0.15, -0.1) is 0 Å². The average molecular weight is 372 g/mol. The van der Waals surface area contributed by atoms with Gasteiger partial charge in [0.05, 0.1) is 11.1 Å². The molecule has 0 radical (unpaired) electrons. The first-order valence-electron chi connectivity index (χ1n) is 8.43. The Labute approximate surface area is 160 Å². The second-order valence-electron chi connectivity index (χ2n) is 5.90. The van der Waals surface area contributed by atoms with Crippen molar-refractivity contribution in [2.75, 3.05) is 5.32 Å². The predicted octanol–water partition coefficient (Wildman–Crippen LogP) is 4.44. The first kappa shape index (κ1) is 17.1. The van der Waals surface area contributed by atoms with Gasteiger partial charge in [-0.05, 0) is 29.3 Å². The van der Waals surface area contributed by atoms with Crippen LogP contribution in [0.4, 0.5) is 5.13 Å². The van der Waals surface area contributed by atoms with Gasteiger partial charge in [-0.25, -0.2) is 4.98 Å². The van der Waals surface area contributed by atoms with Gasteiger partial charge in [-0.3, -0.25) is 14.8 Å². The average Bonchev–Trinajstić information content (AvgIpc) is 3.22. The van der Waals surface area contributed by atoms with Crippen molar-refractivity contribution < 1.29 is 4.79 Å². The molecule has 3 aromatic heterocycles. The Hall–Kier alpha value is -3.38. The van der Waals surface area contributed by atoms with Crippen molar-refractivity contribution >= 4 is 22.3 Å². The number of hydrogen-bond donors (Lipinski definition) is 1. The molecule has 4 rings (SSSR count). The van der Waals surface area contributed by atoms with Crippen LogP contribution in [0.15, 0.2) is 79.5 Å². The molecule has 6 heteroatoms. The van der Waals surface area contributed by atoms with Gasteiger partial charge < -0.3 is 5.32 Å². The lowest BCUT2D eigenvalue weighted by Crippen LogP contribution is -1.99. The summed E-state index contributed by atoms with van der Waals surface area (Å²) in [5.74, 6) is -0.0346. The van der Waals surface area contributed by atoms with Crippen molar-refractivity contribution in [1.82, 2.24) is 15.0 Å². The van der Waals surface area contributed by atoms with E-state index in [4.69, 9.17) is 0 Å². The van der Waals surface area contributed by atoms with Gasteiger partial charge in [0.2, 0.25) is 5.78 Å². The molecule has 132 valence electrons. The molecule has 0 atom stereocenters. The van der Waals surface area contributed by atoms with Crippen LogP contribution in [-0.2, 0) is 6.54 Å². The second-order valence-corrected chi connectivity index (χ2v) is 6.93. The molecule has 0 amide bonds. The van der Waals surface area contributed by atoms with Crippen LogP contribution in [0.1, 0.15) is 20.8 Å². The van der Waals surface area contributed by atoms with E-state index in [1.807, 2.05) is 48.5 Å². The minimum atomic E-state index is -0.0346. The second kappa shape index (κ2) is 7.88. The van der Waals surface area contributed by atoms with E-state index in [1.165, 1.54) is 11.3 Å². The third-order valence-corrected chi connectivity index (χ3v) is 4.97. The first-order chi connectivity index (χ1) is 13.3. The molecule has 0 aliphatic carbocycles. The molecule has 1 aromatic carbocycles. The third-order valence-electron chi connectivity index (χ3n) is 4.02. The lowest BCUT2D eigenvalue weighted by molar-refractivity contribution is 0.104. The third kappa shape index (κ3) is 4.07. The minimum absolute atomic E-state index is 0.0346. The zero-order chi connectivity index (χ0) is 18.5. The number of carbonyl (C=O) groups excluding carboxylic acids is 1. The van der Waals surface area contributed by atoms with Crippen LogP contribution in [-0.4, -0.2) is 20.7 Å². The van der Waals surface area contributed by atoms with Gasteiger partial charge in [-0.1, -0.05) is 41.7 Å². The topological polar surface area (TPSA) is 67.8 Å². The summed E-state index contributed by atoms with van der Waals surface area (Å²) < 4.78 is 0. The van der Waals surface area contributed by atoms with Gasteiger partial charge in [0.25, 0.3) is 0 Å². The number of nitrogens with one attached hydrogen (secondary N) is 1. The molecule has 0 spiro atoms. The van der Waals surface area contributed by atoms with E-state index in [0.717, 1.165) is 16.7 Å². The number of thiazole rings is 1. The Morgan fingerprint density at radius 3 is 2.52 bits per heavy atom. The molecule has 0 aliphatic heterocycles. The van der Waals surface area contributed by atoms with Crippen molar-refractivity contribution in [1.29, 1.82) is 0 Å². The molecular weight excluding hydrogens is 356 g/mol. The van der Waals surface area contributed by atoms with Crippen LogP contribution in [0.25, 0.3) is 11.1 Å². The Kier molecular flexibility index (Phi) is 4.98. The van der Waals surface area contributed by atoms with E-state index >= 15 is 0 Å². The maximum Gasteiger partial charge on any atom is 0.204 e. The van der Waals surface area contributed by atoms with Crippen molar-refractivity contribution in [3.05, 3.63) is 95.5 Å². The summed E-state index contributed by atoms with van der Waals surface area (Å²) in [7, 11) is 0. The molecule has 1 N–H and O–H groups in total. The maximum atomic E-state index is 12.8. The highest BCUT2D eigenvalue weighted by atomic mass is 32.1. The van der Waals surface area contributed by atoms with Crippen LogP contribution >= 0.6 is 11.3 Å². The van der Waals surface area contributed by atoms with Crippen molar-refractivity contribution in [3.8, 4) is 11.1 Å². The Bertz CT molecular complexity index is 1050. The smallest absolute Gasteiger partial charge is 0.204 e.